The Balaban J connectivity index is 1.52. The smallest absolute Gasteiger partial charge is 0.244 e. The molecule has 0 saturated carbocycles. The van der Waals surface area contributed by atoms with Crippen molar-refractivity contribution >= 4 is 22.0 Å². The fourth-order valence-corrected chi connectivity index (χ4v) is 4.71. The van der Waals surface area contributed by atoms with Crippen molar-refractivity contribution in [1.82, 2.24) is 9.62 Å². The van der Waals surface area contributed by atoms with E-state index in [0.29, 0.717) is 31.7 Å². The minimum absolute atomic E-state index is 0.0347. The van der Waals surface area contributed by atoms with Crippen LogP contribution in [0.15, 0.2) is 59.5 Å². The van der Waals surface area contributed by atoms with Gasteiger partial charge in [0, 0.05) is 25.2 Å². The SMILES string of the molecule is COc1ccc(S(=O)(=O)N2CCC(NC(=O)/C=C/c3ccc(C)cc3)CC2)cc1. The third-order valence-corrected chi connectivity index (χ3v) is 6.91. The second-order valence-electron chi connectivity index (χ2n) is 7.11. The summed E-state index contributed by atoms with van der Waals surface area (Å²) in [5.41, 5.74) is 2.13. The fourth-order valence-electron chi connectivity index (χ4n) is 3.24. The summed E-state index contributed by atoms with van der Waals surface area (Å²) in [5.74, 6) is 0.450. The minimum Gasteiger partial charge on any atom is -0.497 e. The first kappa shape index (κ1) is 21.1. The van der Waals surface area contributed by atoms with Gasteiger partial charge in [0.05, 0.1) is 12.0 Å². The molecule has 1 amide bonds. The Hall–Kier alpha value is -2.64. The van der Waals surface area contributed by atoms with E-state index in [1.54, 1.807) is 37.5 Å². The lowest BCUT2D eigenvalue weighted by atomic mass is 10.1. The Morgan fingerprint density at radius 1 is 1.07 bits per heavy atom. The first-order valence-corrected chi connectivity index (χ1v) is 11.0. The number of aryl methyl sites for hydroxylation is 1. The molecule has 1 N–H and O–H groups in total. The number of nitrogens with zero attached hydrogens (tertiary/aromatic N) is 1. The standard InChI is InChI=1S/C22H26N2O4S/c1-17-3-5-18(6-4-17)7-12-22(25)23-19-13-15-24(16-14-19)29(26,27)21-10-8-20(28-2)9-11-21/h3-12,19H,13-16H2,1-2H3,(H,23,25)/b12-7+. The number of benzene rings is 2. The van der Waals surface area contributed by atoms with Gasteiger partial charge < -0.3 is 10.1 Å². The first-order valence-electron chi connectivity index (χ1n) is 9.58. The lowest BCUT2D eigenvalue weighted by molar-refractivity contribution is -0.117. The van der Waals surface area contributed by atoms with Gasteiger partial charge in [-0.05, 0) is 55.7 Å². The predicted octanol–water partition coefficient (Wildman–Crippen LogP) is 2.99. The van der Waals surface area contributed by atoms with Gasteiger partial charge in [0.25, 0.3) is 0 Å². The number of hydrogen-bond acceptors (Lipinski definition) is 4. The average Bonchev–Trinajstić information content (AvgIpc) is 2.74. The third kappa shape index (κ3) is 5.46. The molecular formula is C22H26N2O4S. The molecule has 29 heavy (non-hydrogen) atoms. The third-order valence-electron chi connectivity index (χ3n) is 5.00. The van der Waals surface area contributed by atoms with Crippen molar-refractivity contribution in [2.75, 3.05) is 20.2 Å². The van der Waals surface area contributed by atoms with Gasteiger partial charge >= 0.3 is 0 Å². The van der Waals surface area contributed by atoms with Crippen molar-refractivity contribution in [2.24, 2.45) is 0 Å². The van der Waals surface area contributed by atoms with Crippen LogP contribution < -0.4 is 10.1 Å². The van der Waals surface area contributed by atoms with Crippen molar-refractivity contribution in [1.29, 1.82) is 0 Å². The molecule has 2 aromatic rings. The van der Waals surface area contributed by atoms with Gasteiger partial charge in [-0.3, -0.25) is 4.79 Å². The van der Waals surface area contributed by atoms with Gasteiger partial charge in [0.15, 0.2) is 0 Å². The van der Waals surface area contributed by atoms with E-state index >= 15 is 0 Å². The number of sulfonamides is 1. The zero-order chi connectivity index (χ0) is 20.9. The van der Waals surface area contributed by atoms with Crippen LogP contribution in [-0.4, -0.2) is 44.9 Å². The maximum atomic E-state index is 12.8. The van der Waals surface area contributed by atoms with Gasteiger partial charge in [-0.15, -0.1) is 0 Å². The Labute approximate surface area is 172 Å². The van der Waals surface area contributed by atoms with Crippen molar-refractivity contribution in [3.8, 4) is 5.75 Å². The average molecular weight is 415 g/mol. The normalized spacial score (nSPS) is 16.1. The van der Waals surface area contributed by atoms with Gasteiger partial charge in [-0.2, -0.15) is 4.31 Å². The summed E-state index contributed by atoms with van der Waals surface area (Å²) in [6.45, 7) is 2.77. The molecule has 0 aliphatic carbocycles. The Morgan fingerprint density at radius 2 is 1.69 bits per heavy atom. The van der Waals surface area contributed by atoms with E-state index in [9.17, 15) is 13.2 Å². The summed E-state index contributed by atoms with van der Waals surface area (Å²) in [5, 5.41) is 2.96. The molecule has 1 aliphatic heterocycles. The van der Waals surface area contributed by atoms with Crippen LogP contribution in [0.5, 0.6) is 5.75 Å². The van der Waals surface area contributed by atoms with Crippen LogP contribution in [0.2, 0.25) is 0 Å². The molecule has 1 fully saturated rings. The number of amides is 1. The van der Waals surface area contributed by atoms with Gasteiger partial charge in [0.1, 0.15) is 5.75 Å². The molecule has 2 aromatic carbocycles. The number of piperidine rings is 1. The van der Waals surface area contributed by atoms with Crippen molar-refractivity contribution < 1.29 is 17.9 Å². The lowest BCUT2D eigenvalue weighted by Crippen LogP contribution is -2.46. The van der Waals surface area contributed by atoms with Crippen molar-refractivity contribution in [3.63, 3.8) is 0 Å². The zero-order valence-electron chi connectivity index (χ0n) is 16.7. The maximum absolute atomic E-state index is 12.8. The quantitative estimate of drug-likeness (QED) is 0.738. The molecule has 7 heteroatoms. The molecule has 0 unspecified atom stereocenters. The van der Waals surface area contributed by atoms with Gasteiger partial charge in [0.2, 0.25) is 15.9 Å². The number of carbonyl (C=O) groups is 1. The first-order chi connectivity index (χ1) is 13.9. The second kappa shape index (κ2) is 9.24. The highest BCUT2D eigenvalue weighted by atomic mass is 32.2. The summed E-state index contributed by atoms with van der Waals surface area (Å²) in [4.78, 5) is 12.4. The van der Waals surface area contributed by atoms with Crippen LogP contribution >= 0.6 is 0 Å². The highest BCUT2D eigenvalue weighted by Gasteiger charge is 2.29. The minimum atomic E-state index is -3.54. The number of ether oxygens (including phenoxy) is 1. The monoisotopic (exact) mass is 414 g/mol. The van der Waals surface area contributed by atoms with Crippen molar-refractivity contribution in [2.45, 2.75) is 30.7 Å². The summed E-state index contributed by atoms with van der Waals surface area (Å²) in [6, 6.07) is 14.3. The Bertz CT molecular complexity index is 959. The molecule has 0 atom stereocenters. The molecule has 0 radical (unpaired) electrons. The molecule has 1 heterocycles. The van der Waals surface area contributed by atoms with Crippen LogP contribution in [-0.2, 0) is 14.8 Å². The Kier molecular flexibility index (Phi) is 6.71. The summed E-state index contributed by atoms with van der Waals surface area (Å²) in [7, 11) is -2.00. The lowest BCUT2D eigenvalue weighted by Gasteiger charge is -2.31. The zero-order valence-corrected chi connectivity index (χ0v) is 17.5. The molecule has 1 aliphatic rings. The highest BCUT2D eigenvalue weighted by molar-refractivity contribution is 7.89. The van der Waals surface area contributed by atoms with Crippen LogP contribution in [0.3, 0.4) is 0 Å². The maximum Gasteiger partial charge on any atom is 0.244 e. The summed E-state index contributed by atoms with van der Waals surface area (Å²) < 4.78 is 32.1. The topological polar surface area (TPSA) is 75.7 Å². The molecule has 0 aromatic heterocycles. The summed E-state index contributed by atoms with van der Waals surface area (Å²) >= 11 is 0. The molecule has 0 spiro atoms. The van der Waals surface area contributed by atoms with E-state index in [1.807, 2.05) is 31.2 Å². The molecule has 154 valence electrons. The Morgan fingerprint density at radius 3 is 2.28 bits per heavy atom. The number of nitrogens with one attached hydrogen (secondary N) is 1. The molecule has 1 saturated heterocycles. The number of hydrogen-bond donors (Lipinski definition) is 1. The summed E-state index contributed by atoms with van der Waals surface area (Å²) in [6.07, 6.45) is 4.46. The highest BCUT2D eigenvalue weighted by Crippen LogP contribution is 2.22. The molecule has 6 nitrogen and oxygen atoms in total. The largest absolute Gasteiger partial charge is 0.497 e. The van der Waals surface area contributed by atoms with Gasteiger partial charge in [-0.1, -0.05) is 29.8 Å². The van der Waals surface area contributed by atoms with E-state index in [4.69, 9.17) is 4.74 Å². The van der Waals surface area contributed by atoms with E-state index in [-0.39, 0.29) is 16.8 Å². The van der Waals surface area contributed by atoms with Crippen LogP contribution in [0.25, 0.3) is 6.08 Å². The van der Waals surface area contributed by atoms with Crippen LogP contribution in [0.4, 0.5) is 0 Å². The fraction of sp³-hybridized carbons (Fsp3) is 0.318. The number of carbonyl (C=O) groups excluding carboxylic acids is 1. The van der Waals surface area contributed by atoms with E-state index in [2.05, 4.69) is 5.32 Å². The van der Waals surface area contributed by atoms with Crippen LogP contribution in [0, 0.1) is 6.92 Å². The molecular weight excluding hydrogens is 388 g/mol. The number of methoxy groups -OCH3 is 1. The van der Waals surface area contributed by atoms with E-state index in [1.165, 1.54) is 15.9 Å². The van der Waals surface area contributed by atoms with Crippen molar-refractivity contribution in [3.05, 3.63) is 65.7 Å². The van der Waals surface area contributed by atoms with Crippen LogP contribution in [0.1, 0.15) is 24.0 Å². The second-order valence-corrected chi connectivity index (χ2v) is 9.04. The number of rotatable bonds is 6. The molecule has 3 rings (SSSR count). The molecule has 0 bridgehead atoms. The van der Waals surface area contributed by atoms with Gasteiger partial charge in [-0.25, -0.2) is 8.42 Å². The predicted molar refractivity (Wildman–Crippen MR) is 113 cm³/mol. The van der Waals surface area contributed by atoms with E-state index in [0.717, 1.165) is 5.56 Å². The van der Waals surface area contributed by atoms with E-state index < -0.39 is 10.0 Å².